The van der Waals surface area contributed by atoms with E-state index in [1.165, 1.54) is 0 Å². The lowest BCUT2D eigenvalue weighted by Gasteiger charge is -2.17. The zero-order chi connectivity index (χ0) is 53.9. The maximum atomic E-state index is 6.96. The Morgan fingerprint density at radius 2 is 0.704 bits per heavy atom. The molecule has 9 aromatic carbocycles. The fourth-order valence-corrected chi connectivity index (χ4v) is 10.4. The van der Waals surface area contributed by atoms with Crippen LogP contribution in [-0.4, -0.2) is 39.9 Å². The van der Waals surface area contributed by atoms with E-state index in [4.69, 9.17) is 29.7 Å². The smallest absolute Gasteiger partial charge is 0.164 e. The van der Waals surface area contributed by atoms with Gasteiger partial charge in [0.1, 0.15) is 11.5 Å². The molecule has 14 aromatic rings. The Bertz CT molecular complexity index is 4430. The van der Waals surface area contributed by atoms with Crippen LogP contribution in [0, 0.1) is 0 Å². The van der Waals surface area contributed by atoms with Crippen molar-refractivity contribution >= 4 is 21.8 Å². The minimum Gasteiger partial charge on any atom is -0.457 e. The number of benzene rings is 9. The van der Waals surface area contributed by atoms with E-state index in [-0.39, 0.29) is 0 Å². The highest BCUT2D eigenvalue weighted by atomic mass is 16.5. The van der Waals surface area contributed by atoms with Gasteiger partial charge in [0, 0.05) is 73.9 Å². The molecule has 5 heterocycles. The predicted molar refractivity (Wildman–Crippen MR) is 325 cm³/mol. The number of hydrogen-bond donors (Lipinski definition) is 0. The lowest BCUT2D eigenvalue weighted by Crippen LogP contribution is -2.03. The van der Waals surface area contributed by atoms with Crippen molar-refractivity contribution in [1.82, 2.24) is 39.9 Å². The molecular formula is C72H46N8O. The molecule has 0 spiro atoms. The molecule has 9 heteroatoms. The highest BCUT2D eigenvalue weighted by Gasteiger charge is 2.22. The molecule has 81 heavy (non-hydrogen) atoms. The Balaban J connectivity index is 0.911. The molecule has 0 atom stereocenters. The molecule has 9 nitrogen and oxygen atoms in total. The van der Waals surface area contributed by atoms with Crippen molar-refractivity contribution in [2.24, 2.45) is 0 Å². The lowest BCUT2D eigenvalue weighted by atomic mass is 9.95. The van der Waals surface area contributed by atoms with E-state index in [2.05, 4.69) is 154 Å². The van der Waals surface area contributed by atoms with Gasteiger partial charge in [-0.3, -0.25) is 4.98 Å². The number of pyridine rings is 3. The van der Waals surface area contributed by atoms with Crippen LogP contribution in [0.1, 0.15) is 0 Å². The summed E-state index contributed by atoms with van der Waals surface area (Å²) in [6, 6.07) is 88.4. The minimum atomic E-state index is 0.490. The number of rotatable bonds is 12. The highest BCUT2D eigenvalue weighted by Crippen LogP contribution is 2.43. The van der Waals surface area contributed by atoms with Gasteiger partial charge in [0.25, 0.3) is 0 Å². The lowest BCUT2D eigenvalue weighted by molar-refractivity contribution is 0.485. The van der Waals surface area contributed by atoms with Crippen LogP contribution in [0.5, 0.6) is 11.5 Å². The molecule has 14 rings (SSSR count). The Morgan fingerprint density at radius 3 is 1.26 bits per heavy atom. The van der Waals surface area contributed by atoms with Crippen molar-refractivity contribution in [3.05, 3.63) is 279 Å². The van der Waals surface area contributed by atoms with Crippen LogP contribution in [0.15, 0.2) is 279 Å². The van der Waals surface area contributed by atoms with E-state index in [1.807, 2.05) is 121 Å². The van der Waals surface area contributed by atoms with E-state index in [0.717, 1.165) is 111 Å². The SMILES string of the molecule is c1ccc(-c2cccc(Oc3cc(-c4ncccn4)ccc3-c3ccccc3-c3nc(-c4ccccc4-c4ccc(-c5ccc6ccccc6n5)cc4)nc(-c4ccccc4-c4ccc(-c5ccc6ccccc6n5)cc4)n3)c2)nc1. The molecule has 380 valence electrons. The van der Waals surface area contributed by atoms with E-state index in [0.29, 0.717) is 34.8 Å². The number of nitrogens with zero attached hydrogens (tertiary/aromatic N) is 8. The molecule has 0 radical (unpaired) electrons. The average Bonchev–Trinajstić information content (AvgIpc) is 3.70. The summed E-state index contributed by atoms with van der Waals surface area (Å²) in [6.07, 6.45) is 5.28. The standard InChI is InChI=1S/C72H46N8O/c1-9-26-64-49(15-1)37-40-66(76-64)51-32-28-47(29-33-51)56-19-3-6-22-60(56)70-78-71(61-23-7-4-20-57(61)48-30-34-52(35-31-48)67-41-38-50-16-2-10-27-65(50)77-67)80-72(79-70)62-24-8-5-21-58(62)59-39-36-54(69-74-43-14-44-75-69)46-68(59)81-55-18-13-17-53(45-55)63-25-11-12-42-73-63/h1-46H. The third-order valence-corrected chi connectivity index (χ3v) is 14.4. The van der Waals surface area contributed by atoms with Crippen molar-refractivity contribution in [1.29, 1.82) is 0 Å². The highest BCUT2D eigenvalue weighted by molar-refractivity contribution is 5.90. The van der Waals surface area contributed by atoms with Crippen molar-refractivity contribution in [3.63, 3.8) is 0 Å². The van der Waals surface area contributed by atoms with Crippen LogP contribution in [0.3, 0.4) is 0 Å². The molecule has 0 amide bonds. The van der Waals surface area contributed by atoms with Crippen molar-refractivity contribution in [2.75, 3.05) is 0 Å². The molecule has 0 aliphatic carbocycles. The van der Waals surface area contributed by atoms with Crippen LogP contribution in [0.25, 0.3) is 135 Å². The molecule has 0 saturated heterocycles. The van der Waals surface area contributed by atoms with Crippen LogP contribution in [0.4, 0.5) is 0 Å². The summed E-state index contributed by atoms with van der Waals surface area (Å²) < 4.78 is 6.96. The summed E-state index contributed by atoms with van der Waals surface area (Å²) in [5.41, 5.74) is 16.5. The second-order valence-corrected chi connectivity index (χ2v) is 19.5. The fourth-order valence-electron chi connectivity index (χ4n) is 10.4. The maximum Gasteiger partial charge on any atom is 0.164 e. The first-order chi connectivity index (χ1) is 40.1. The van der Waals surface area contributed by atoms with Gasteiger partial charge in [-0.1, -0.05) is 194 Å². The molecule has 0 N–H and O–H groups in total. The molecule has 0 bridgehead atoms. The van der Waals surface area contributed by atoms with Crippen molar-refractivity contribution < 1.29 is 4.74 Å². The summed E-state index contributed by atoms with van der Waals surface area (Å²) in [7, 11) is 0. The quantitative estimate of drug-likeness (QED) is 0.118. The second-order valence-electron chi connectivity index (χ2n) is 19.5. The average molecular weight is 1040 g/mol. The van der Waals surface area contributed by atoms with Gasteiger partial charge in [0.2, 0.25) is 0 Å². The van der Waals surface area contributed by atoms with Gasteiger partial charge in [-0.15, -0.1) is 0 Å². The van der Waals surface area contributed by atoms with Crippen molar-refractivity contribution in [2.45, 2.75) is 0 Å². The summed E-state index contributed by atoms with van der Waals surface area (Å²) in [6.45, 7) is 0. The Kier molecular flexibility index (Phi) is 12.7. The number of hydrogen-bond acceptors (Lipinski definition) is 9. The monoisotopic (exact) mass is 1040 g/mol. The molecule has 0 aliphatic rings. The van der Waals surface area contributed by atoms with E-state index in [1.54, 1.807) is 18.6 Å². The molecule has 5 aromatic heterocycles. The first-order valence-corrected chi connectivity index (χ1v) is 26.7. The van der Waals surface area contributed by atoms with Gasteiger partial charge < -0.3 is 4.74 Å². The summed E-state index contributed by atoms with van der Waals surface area (Å²) >= 11 is 0. The normalized spacial score (nSPS) is 11.2. The first-order valence-electron chi connectivity index (χ1n) is 26.7. The Morgan fingerprint density at radius 1 is 0.235 bits per heavy atom. The molecule has 0 unspecified atom stereocenters. The molecule has 0 aliphatic heterocycles. The topological polar surface area (TPSA) is 112 Å². The van der Waals surface area contributed by atoms with Crippen molar-refractivity contribution in [3.8, 4) is 124 Å². The Hall–Kier alpha value is -11.2. The van der Waals surface area contributed by atoms with Crippen LogP contribution >= 0.6 is 0 Å². The molecule has 0 fully saturated rings. The van der Waals surface area contributed by atoms with Crippen LogP contribution in [0.2, 0.25) is 0 Å². The summed E-state index contributed by atoms with van der Waals surface area (Å²) in [4.78, 5) is 40.1. The third-order valence-electron chi connectivity index (χ3n) is 14.4. The minimum absolute atomic E-state index is 0.490. The third kappa shape index (κ3) is 9.83. The number of aromatic nitrogens is 8. The van der Waals surface area contributed by atoms with Gasteiger partial charge in [0.05, 0.1) is 28.1 Å². The largest absolute Gasteiger partial charge is 0.457 e. The van der Waals surface area contributed by atoms with Gasteiger partial charge in [0.15, 0.2) is 23.3 Å². The first kappa shape index (κ1) is 48.2. The van der Waals surface area contributed by atoms with Crippen LogP contribution < -0.4 is 4.74 Å². The van der Waals surface area contributed by atoms with Gasteiger partial charge >= 0.3 is 0 Å². The zero-order valence-corrected chi connectivity index (χ0v) is 43.5. The van der Waals surface area contributed by atoms with Gasteiger partial charge in [-0.05, 0) is 94.5 Å². The number of ether oxygens (including phenoxy) is 1. The Labute approximate surface area is 467 Å². The second kappa shape index (κ2) is 21.3. The fraction of sp³-hybridized carbons (Fsp3) is 0. The number of fused-ring (bicyclic) bond motifs is 2. The zero-order valence-electron chi connectivity index (χ0n) is 43.5. The van der Waals surface area contributed by atoms with Gasteiger partial charge in [-0.2, -0.15) is 0 Å². The van der Waals surface area contributed by atoms with E-state index in [9.17, 15) is 0 Å². The van der Waals surface area contributed by atoms with E-state index >= 15 is 0 Å². The molecule has 0 saturated carbocycles. The predicted octanol–water partition coefficient (Wildman–Crippen LogP) is 17.6. The van der Waals surface area contributed by atoms with E-state index < -0.39 is 0 Å². The number of para-hydroxylation sites is 2. The van der Waals surface area contributed by atoms with Gasteiger partial charge in [-0.25, -0.2) is 34.9 Å². The maximum absolute atomic E-state index is 6.96. The molecular weight excluding hydrogens is 993 g/mol. The summed E-state index contributed by atoms with van der Waals surface area (Å²) in [5.74, 6) is 3.35. The van der Waals surface area contributed by atoms with Crippen LogP contribution in [-0.2, 0) is 0 Å². The summed E-state index contributed by atoms with van der Waals surface area (Å²) in [5, 5.41) is 2.21.